The van der Waals surface area contributed by atoms with Gasteiger partial charge < -0.3 is 4.42 Å². The molecule has 4 heterocycles. The molecule has 0 amide bonds. The van der Waals surface area contributed by atoms with Crippen molar-refractivity contribution in [3.8, 4) is 22.5 Å². The second-order valence-electron chi connectivity index (χ2n) is 9.99. The van der Waals surface area contributed by atoms with Crippen molar-refractivity contribution in [1.29, 1.82) is 0 Å². The molecule has 0 saturated heterocycles. The van der Waals surface area contributed by atoms with E-state index in [4.69, 9.17) is 4.42 Å². The first-order valence-electron chi connectivity index (χ1n) is 12.8. The molecule has 0 radical (unpaired) electrons. The minimum absolute atomic E-state index is 0.862. The third-order valence-corrected chi connectivity index (χ3v) is 7.81. The van der Waals surface area contributed by atoms with Crippen molar-refractivity contribution in [2.45, 2.75) is 26.8 Å². The molecule has 37 heavy (non-hydrogen) atoms. The number of furan rings is 1. The zero-order valence-corrected chi connectivity index (χ0v) is 21.2. The monoisotopic (exact) mass is 480 g/mol. The summed E-state index contributed by atoms with van der Waals surface area (Å²) in [7, 11) is 0. The van der Waals surface area contributed by atoms with Crippen LogP contribution in [0.5, 0.6) is 0 Å². The third-order valence-electron chi connectivity index (χ3n) is 7.81. The molecule has 7 rings (SSSR count). The summed E-state index contributed by atoms with van der Waals surface area (Å²) in [6.07, 6.45) is 5.29. The number of hydrogen-bond acceptors (Lipinski definition) is 1. The number of aryl methyl sites for hydroxylation is 4. The van der Waals surface area contributed by atoms with Gasteiger partial charge >= 0.3 is 0 Å². The molecule has 1 aliphatic heterocycles. The van der Waals surface area contributed by atoms with Crippen molar-refractivity contribution in [3.05, 3.63) is 126 Å². The first-order chi connectivity index (χ1) is 18.1. The molecule has 3 aromatic carbocycles. The maximum absolute atomic E-state index is 6.60. The first-order valence-corrected chi connectivity index (χ1v) is 12.8. The Kier molecular flexibility index (Phi) is 4.87. The van der Waals surface area contributed by atoms with Crippen molar-refractivity contribution >= 4 is 27.6 Å². The summed E-state index contributed by atoms with van der Waals surface area (Å²) >= 11 is 0. The summed E-state index contributed by atoms with van der Waals surface area (Å²) in [4.78, 5) is 0. The van der Waals surface area contributed by atoms with E-state index < -0.39 is 0 Å². The minimum atomic E-state index is 0.862. The molecule has 0 fully saturated rings. The van der Waals surface area contributed by atoms with Crippen LogP contribution in [0.15, 0.2) is 108 Å². The van der Waals surface area contributed by atoms with Crippen molar-refractivity contribution in [2.75, 3.05) is 0 Å². The highest BCUT2D eigenvalue weighted by Gasteiger charge is 2.30. The summed E-state index contributed by atoms with van der Waals surface area (Å²) in [5.41, 5.74) is 12.3. The van der Waals surface area contributed by atoms with E-state index >= 15 is 0 Å². The Hall–Kier alpha value is -4.50. The van der Waals surface area contributed by atoms with E-state index in [1.165, 1.54) is 27.9 Å². The first kappa shape index (κ1) is 21.8. The summed E-state index contributed by atoms with van der Waals surface area (Å²) in [5.74, 6) is 0. The van der Waals surface area contributed by atoms with E-state index in [0.717, 1.165) is 57.4 Å². The lowest BCUT2D eigenvalue weighted by Gasteiger charge is -2.12. The number of para-hydroxylation sites is 1. The Balaban J connectivity index is 1.63. The van der Waals surface area contributed by atoms with Gasteiger partial charge in [-0.15, -0.1) is 0 Å². The van der Waals surface area contributed by atoms with Gasteiger partial charge in [0.05, 0.1) is 16.7 Å². The molecule has 0 atom stereocenters. The highest BCUT2D eigenvalue weighted by Crippen LogP contribution is 2.39. The molecular weight excluding hydrogens is 452 g/mol. The zero-order valence-electron chi connectivity index (χ0n) is 21.2. The van der Waals surface area contributed by atoms with Crippen LogP contribution in [0, 0.1) is 13.8 Å². The lowest BCUT2D eigenvalue weighted by atomic mass is 9.95. The average Bonchev–Trinajstić information content (AvgIpc) is 3.30. The molecule has 6 aromatic rings. The van der Waals surface area contributed by atoms with Crippen LogP contribution in [-0.2, 0) is 13.0 Å². The highest BCUT2D eigenvalue weighted by molar-refractivity contribution is 6.09. The average molecular weight is 481 g/mol. The number of fused-ring (bicyclic) bond motifs is 10. The van der Waals surface area contributed by atoms with E-state index in [2.05, 4.69) is 121 Å². The number of rotatable bonds is 0. The van der Waals surface area contributed by atoms with Gasteiger partial charge in [0.25, 0.3) is 0 Å². The van der Waals surface area contributed by atoms with E-state index in [1.54, 1.807) is 0 Å². The lowest BCUT2D eigenvalue weighted by Crippen LogP contribution is -2.37. The van der Waals surface area contributed by atoms with Crippen molar-refractivity contribution in [2.24, 2.45) is 0 Å². The molecular formula is C34H28N2O+2. The third kappa shape index (κ3) is 3.35. The van der Waals surface area contributed by atoms with E-state index in [9.17, 15) is 0 Å². The van der Waals surface area contributed by atoms with Gasteiger partial charge in [0.1, 0.15) is 11.2 Å². The second kappa shape index (κ2) is 8.28. The maximum Gasteiger partial charge on any atom is 0.222 e. The van der Waals surface area contributed by atoms with Gasteiger partial charge in [0.2, 0.25) is 17.1 Å². The fraction of sp³-hybridized carbons (Fsp3) is 0.118. The van der Waals surface area contributed by atoms with Crippen LogP contribution in [0.3, 0.4) is 0 Å². The molecule has 1 aliphatic rings. The normalized spacial score (nSPS) is 13.0. The fourth-order valence-electron chi connectivity index (χ4n) is 5.73. The molecule has 178 valence electrons. The SMILES string of the molecule is C=C1c2ccccc2-c2cccc[n+]2CCc2ccc3c(oc4ccccc43)c2-c2cc(C)c(C)c[n+]21. The van der Waals surface area contributed by atoms with E-state index in [0.29, 0.717) is 0 Å². The van der Waals surface area contributed by atoms with Gasteiger partial charge in [0.15, 0.2) is 18.9 Å². The Labute approximate surface area is 216 Å². The Bertz CT molecular complexity index is 1880. The zero-order chi connectivity index (χ0) is 25.1. The van der Waals surface area contributed by atoms with Crippen molar-refractivity contribution in [3.63, 3.8) is 0 Å². The Morgan fingerprint density at radius 1 is 0.757 bits per heavy atom. The molecule has 3 heteroatoms. The van der Waals surface area contributed by atoms with Gasteiger partial charge in [-0.2, -0.15) is 9.13 Å². The number of nitrogens with zero attached hydrogens (tertiary/aromatic N) is 2. The molecule has 0 N–H and O–H groups in total. The molecule has 0 bridgehead atoms. The highest BCUT2D eigenvalue weighted by atomic mass is 16.3. The van der Waals surface area contributed by atoms with E-state index in [-0.39, 0.29) is 0 Å². The van der Waals surface area contributed by atoms with Gasteiger partial charge in [0, 0.05) is 41.0 Å². The fourth-order valence-corrected chi connectivity index (χ4v) is 5.73. The summed E-state index contributed by atoms with van der Waals surface area (Å²) in [6, 6.07) is 30.2. The molecule has 0 spiro atoms. The van der Waals surface area contributed by atoms with Crippen molar-refractivity contribution < 1.29 is 13.6 Å². The summed E-state index contributed by atoms with van der Waals surface area (Å²) < 4.78 is 11.2. The Morgan fingerprint density at radius 3 is 2.43 bits per heavy atom. The van der Waals surface area contributed by atoms with Crippen LogP contribution >= 0.6 is 0 Å². The van der Waals surface area contributed by atoms with Gasteiger partial charge in [-0.3, -0.25) is 0 Å². The van der Waals surface area contributed by atoms with Crippen LogP contribution in [0.2, 0.25) is 0 Å². The lowest BCUT2D eigenvalue weighted by molar-refractivity contribution is -0.685. The maximum atomic E-state index is 6.60. The number of pyridine rings is 2. The molecule has 0 aliphatic carbocycles. The number of aromatic nitrogens is 2. The van der Waals surface area contributed by atoms with Gasteiger partial charge in [-0.05, 0) is 55.8 Å². The second-order valence-corrected chi connectivity index (χ2v) is 9.99. The van der Waals surface area contributed by atoms with Crippen LogP contribution in [0.4, 0.5) is 0 Å². The number of benzene rings is 3. The van der Waals surface area contributed by atoms with Crippen LogP contribution in [0.1, 0.15) is 22.3 Å². The van der Waals surface area contributed by atoms with Crippen molar-refractivity contribution in [1.82, 2.24) is 0 Å². The quantitative estimate of drug-likeness (QED) is 0.211. The predicted molar refractivity (Wildman–Crippen MR) is 149 cm³/mol. The topological polar surface area (TPSA) is 20.9 Å². The molecule has 0 saturated carbocycles. The predicted octanol–water partition coefficient (Wildman–Crippen LogP) is 7.19. The standard InChI is InChI=1S/C34H28N2O/c1-22-20-31-33-25(15-16-29-28-12-6-7-14-32(28)37-34(29)33)17-19-35-18-9-8-13-30(35)27-11-5-4-10-26(27)24(3)36(31)21-23(22)2/h4-16,18,20-21H,3,17,19H2,1-2H3/q+2. The Morgan fingerprint density at radius 2 is 1.54 bits per heavy atom. The summed E-state index contributed by atoms with van der Waals surface area (Å²) in [5, 5.41) is 2.29. The number of hydrogen-bond donors (Lipinski definition) is 0. The molecule has 3 aromatic heterocycles. The smallest absolute Gasteiger partial charge is 0.222 e. The summed E-state index contributed by atoms with van der Waals surface area (Å²) in [6.45, 7) is 9.88. The van der Waals surface area contributed by atoms with Crippen LogP contribution in [0.25, 0.3) is 50.2 Å². The minimum Gasteiger partial charge on any atom is -0.455 e. The van der Waals surface area contributed by atoms with Gasteiger partial charge in [-0.25, -0.2) is 0 Å². The van der Waals surface area contributed by atoms with Crippen LogP contribution in [-0.4, -0.2) is 0 Å². The molecule has 0 unspecified atom stereocenters. The largest absolute Gasteiger partial charge is 0.455 e. The van der Waals surface area contributed by atoms with E-state index in [1.807, 2.05) is 6.07 Å². The van der Waals surface area contributed by atoms with Crippen LogP contribution < -0.4 is 9.13 Å². The van der Waals surface area contributed by atoms with Gasteiger partial charge in [-0.1, -0.05) is 42.5 Å². The molecule has 3 nitrogen and oxygen atoms in total.